The molecule has 0 spiro atoms. The monoisotopic (exact) mass is 467 g/mol. The van der Waals surface area contributed by atoms with Gasteiger partial charge >= 0.3 is 6.03 Å². The molecule has 2 N–H and O–H groups in total. The third-order valence-electron chi connectivity index (χ3n) is 6.26. The van der Waals surface area contributed by atoms with Crippen LogP contribution in [0.5, 0.6) is 11.5 Å². The quantitative estimate of drug-likeness (QED) is 0.592. The lowest BCUT2D eigenvalue weighted by Gasteiger charge is -2.36. The van der Waals surface area contributed by atoms with Gasteiger partial charge in [0.1, 0.15) is 17.0 Å². The molecule has 34 heavy (non-hydrogen) atoms. The number of rotatable bonds is 7. The Morgan fingerprint density at radius 3 is 2.32 bits per heavy atom. The van der Waals surface area contributed by atoms with Crippen LogP contribution >= 0.6 is 0 Å². The zero-order chi connectivity index (χ0) is 24.3. The molecule has 10 heteroatoms. The van der Waals surface area contributed by atoms with Gasteiger partial charge in [-0.25, -0.2) is 4.79 Å². The summed E-state index contributed by atoms with van der Waals surface area (Å²) in [7, 11) is 3.20. The van der Waals surface area contributed by atoms with Gasteiger partial charge in [-0.2, -0.15) is 5.01 Å². The lowest BCUT2D eigenvalue weighted by molar-refractivity contribution is -0.139. The first kappa shape index (κ1) is 23.4. The van der Waals surface area contributed by atoms with E-state index in [1.807, 2.05) is 29.2 Å². The first-order valence-electron chi connectivity index (χ1n) is 11.1. The normalized spacial score (nSPS) is 20.8. The first-order chi connectivity index (χ1) is 16.4. The van der Waals surface area contributed by atoms with Crippen molar-refractivity contribution in [2.45, 2.75) is 12.5 Å². The number of hydrogen-bond donors (Lipinski definition) is 2. The number of nitrogens with one attached hydrogen (secondary N) is 2. The number of carbonyl (C=O) groups excluding carboxylic acids is 3. The molecule has 0 radical (unpaired) electrons. The third kappa shape index (κ3) is 4.49. The lowest BCUT2D eigenvalue weighted by atomic mass is 9.92. The summed E-state index contributed by atoms with van der Waals surface area (Å²) in [6.07, 6.45) is 0. The Bertz CT molecular complexity index is 1070. The Hall–Kier alpha value is -3.79. The third-order valence-corrected chi connectivity index (χ3v) is 6.26. The zero-order valence-electron chi connectivity index (χ0n) is 19.5. The van der Waals surface area contributed by atoms with Crippen LogP contribution in [-0.2, 0) is 15.1 Å². The van der Waals surface area contributed by atoms with E-state index in [0.717, 1.165) is 29.5 Å². The Kier molecular flexibility index (Phi) is 6.60. The molecule has 1 atom stereocenters. The van der Waals surface area contributed by atoms with Crippen LogP contribution in [0, 0.1) is 0 Å². The molecule has 2 saturated heterocycles. The first-order valence-corrected chi connectivity index (χ1v) is 11.1. The predicted molar refractivity (Wildman–Crippen MR) is 126 cm³/mol. The molecule has 1 unspecified atom stereocenters. The van der Waals surface area contributed by atoms with Gasteiger partial charge in [0, 0.05) is 26.2 Å². The van der Waals surface area contributed by atoms with Gasteiger partial charge in [0.15, 0.2) is 0 Å². The Balaban J connectivity index is 1.33. The topological polar surface area (TPSA) is 103 Å². The van der Waals surface area contributed by atoms with Crippen molar-refractivity contribution in [1.82, 2.24) is 20.7 Å². The fraction of sp³-hybridized carbons (Fsp3) is 0.375. The smallest absolute Gasteiger partial charge is 0.344 e. The van der Waals surface area contributed by atoms with E-state index >= 15 is 0 Å². The second-order valence-corrected chi connectivity index (χ2v) is 8.39. The summed E-state index contributed by atoms with van der Waals surface area (Å²) < 4.78 is 10.6. The minimum absolute atomic E-state index is 0.0794. The van der Waals surface area contributed by atoms with E-state index in [0.29, 0.717) is 24.4 Å². The van der Waals surface area contributed by atoms with Crippen LogP contribution < -0.4 is 25.1 Å². The average molecular weight is 468 g/mol. The fourth-order valence-corrected chi connectivity index (χ4v) is 4.26. The largest absolute Gasteiger partial charge is 0.497 e. The predicted octanol–water partition coefficient (Wildman–Crippen LogP) is 1.32. The highest BCUT2D eigenvalue weighted by Gasteiger charge is 2.50. The van der Waals surface area contributed by atoms with E-state index in [1.165, 1.54) is 0 Å². The molecule has 2 fully saturated rings. The number of para-hydroxylation sites is 2. The highest BCUT2D eigenvalue weighted by Crippen LogP contribution is 2.30. The van der Waals surface area contributed by atoms with Crippen molar-refractivity contribution in [3.8, 4) is 11.5 Å². The van der Waals surface area contributed by atoms with E-state index in [4.69, 9.17) is 9.47 Å². The molecule has 0 aromatic heterocycles. The highest BCUT2D eigenvalue weighted by molar-refractivity contribution is 6.08. The van der Waals surface area contributed by atoms with Crippen molar-refractivity contribution in [1.29, 1.82) is 0 Å². The number of methoxy groups -OCH3 is 2. The number of hydrogen-bond acceptors (Lipinski definition) is 7. The minimum Gasteiger partial charge on any atom is -0.497 e. The van der Waals surface area contributed by atoms with Crippen LogP contribution in [0.1, 0.15) is 12.5 Å². The van der Waals surface area contributed by atoms with E-state index in [-0.39, 0.29) is 6.54 Å². The van der Waals surface area contributed by atoms with Crippen molar-refractivity contribution >= 4 is 23.5 Å². The Morgan fingerprint density at radius 1 is 1.00 bits per heavy atom. The molecular weight excluding hydrogens is 438 g/mol. The molecule has 180 valence electrons. The van der Waals surface area contributed by atoms with Crippen molar-refractivity contribution < 1.29 is 23.9 Å². The summed E-state index contributed by atoms with van der Waals surface area (Å²) in [6, 6.07) is 14.0. The van der Waals surface area contributed by atoms with E-state index in [1.54, 1.807) is 45.4 Å². The molecule has 2 aromatic rings. The number of imide groups is 1. The number of piperazine rings is 1. The minimum atomic E-state index is -1.28. The molecule has 0 bridgehead atoms. The SMILES string of the molecule is COc1ccc(C2(C)NC(=O)N(NC(=O)CN3CCN(c4ccccc4OC)CC3)C2=O)cc1. The standard InChI is InChI=1S/C24H29N5O5/c1-24(17-8-10-18(33-2)11-9-17)22(31)29(23(32)25-24)26-21(30)16-27-12-14-28(15-13-27)19-6-4-5-7-20(19)34-3/h4-11H,12-16H2,1-3H3,(H,25,32)(H,26,30). The van der Waals surface area contributed by atoms with Crippen LogP contribution in [0.4, 0.5) is 10.5 Å². The number of urea groups is 1. The fourth-order valence-electron chi connectivity index (χ4n) is 4.26. The molecule has 0 saturated carbocycles. The van der Waals surface area contributed by atoms with Gasteiger partial charge in [-0.1, -0.05) is 24.3 Å². The van der Waals surface area contributed by atoms with Crippen molar-refractivity contribution in [2.24, 2.45) is 0 Å². The summed E-state index contributed by atoms with van der Waals surface area (Å²) >= 11 is 0. The van der Waals surface area contributed by atoms with Crippen molar-refractivity contribution in [3.05, 3.63) is 54.1 Å². The summed E-state index contributed by atoms with van der Waals surface area (Å²) in [4.78, 5) is 42.4. The number of anilines is 1. The van der Waals surface area contributed by atoms with Crippen molar-refractivity contribution in [2.75, 3.05) is 51.8 Å². The summed E-state index contributed by atoms with van der Waals surface area (Å²) in [6.45, 7) is 4.47. The molecule has 4 rings (SSSR count). The Morgan fingerprint density at radius 2 is 1.68 bits per heavy atom. The molecule has 0 aliphatic carbocycles. The van der Waals surface area contributed by atoms with Gasteiger partial charge in [0.2, 0.25) is 0 Å². The molecule has 4 amide bonds. The number of amides is 4. The van der Waals surface area contributed by atoms with E-state index < -0.39 is 23.4 Å². The van der Waals surface area contributed by atoms with Crippen molar-refractivity contribution in [3.63, 3.8) is 0 Å². The Labute approximate surface area is 198 Å². The van der Waals surface area contributed by atoms with Gasteiger partial charge in [-0.05, 0) is 36.8 Å². The second-order valence-electron chi connectivity index (χ2n) is 8.39. The maximum atomic E-state index is 13.0. The molecular formula is C24H29N5O5. The molecule has 10 nitrogen and oxygen atoms in total. The van der Waals surface area contributed by atoms with E-state index in [9.17, 15) is 14.4 Å². The van der Waals surface area contributed by atoms with Gasteiger partial charge < -0.3 is 19.7 Å². The second kappa shape index (κ2) is 9.60. The molecule has 2 aliphatic rings. The number of nitrogens with zero attached hydrogens (tertiary/aromatic N) is 3. The summed E-state index contributed by atoms with van der Waals surface area (Å²) in [5.74, 6) is 0.484. The van der Waals surface area contributed by atoms with Gasteiger partial charge in [0.05, 0.1) is 26.5 Å². The number of ether oxygens (including phenoxy) is 2. The van der Waals surface area contributed by atoms with Crippen LogP contribution in [0.3, 0.4) is 0 Å². The van der Waals surface area contributed by atoms with Crippen LogP contribution in [-0.4, -0.2) is 74.7 Å². The molecule has 2 heterocycles. The lowest BCUT2D eigenvalue weighted by Crippen LogP contribution is -2.53. The maximum Gasteiger partial charge on any atom is 0.344 e. The average Bonchev–Trinajstić information content (AvgIpc) is 3.08. The molecule has 2 aliphatic heterocycles. The number of benzene rings is 2. The van der Waals surface area contributed by atoms with Crippen LogP contribution in [0.25, 0.3) is 0 Å². The van der Waals surface area contributed by atoms with Crippen LogP contribution in [0.2, 0.25) is 0 Å². The summed E-state index contributed by atoms with van der Waals surface area (Å²) in [5.41, 5.74) is 2.80. The zero-order valence-corrected chi connectivity index (χ0v) is 19.5. The van der Waals surface area contributed by atoms with Crippen LogP contribution in [0.15, 0.2) is 48.5 Å². The highest BCUT2D eigenvalue weighted by atomic mass is 16.5. The number of hydrazine groups is 1. The van der Waals surface area contributed by atoms with Gasteiger partial charge in [0.25, 0.3) is 11.8 Å². The van der Waals surface area contributed by atoms with Gasteiger partial charge in [-0.15, -0.1) is 0 Å². The summed E-state index contributed by atoms with van der Waals surface area (Å²) in [5, 5.41) is 3.44. The maximum absolute atomic E-state index is 13.0. The van der Waals surface area contributed by atoms with Gasteiger partial charge in [-0.3, -0.25) is 19.9 Å². The molecule has 2 aromatic carbocycles. The number of carbonyl (C=O) groups is 3. The van der Waals surface area contributed by atoms with E-state index in [2.05, 4.69) is 15.6 Å².